The maximum Gasteiger partial charge on any atom is 0.311 e. The first kappa shape index (κ1) is 14.5. The van der Waals surface area contributed by atoms with E-state index in [1.807, 2.05) is 20.8 Å². The second kappa shape index (κ2) is 7.00. The van der Waals surface area contributed by atoms with E-state index in [9.17, 15) is 4.79 Å². The largest absolute Gasteiger partial charge is 0.465 e. The molecule has 1 fully saturated rings. The van der Waals surface area contributed by atoms with Crippen molar-refractivity contribution in [3.8, 4) is 0 Å². The van der Waals surface area contributed by atoms with Crippen molar-refractivity contribution in [2.45, 2.75) is 52.9 Å². The fourth-order valence-corrected chi connectivity index (χ4v) is 2.09. The molecule has 0 aromatic rings. The number of hydrogen-bond donors (Lipinski definition) is 1. The van der Waals surface area contributed by atoms with Crippen LogP contribution in [0, 0.1) is 11.3 Å². The van der Waals surface area contributed by atoms with E-state index in [0.717, 1.165) is 12.3 Å². The maximum atomic E-state index is 11.5. The van der Waals surface area contributed by atoms with Crippen molar-refractivity contribution in [3.63, 3.8) is 0 Å². The normalized spacial score (nSPS) is 21.2. The first-order chi connectivity index (χ1) is 8.00. The molecule has 0 saturated carbocycles. The summed E-state index contributed by atoms with van der Waals surface area (Å²) in [6, 6.07) is 0. The van der Waals surface area contributed by atoms with E-state index in [4.69, 9.17) is 4.74 Å². The minimum Gasteiger partial charge on any atom is -0.465 e. The van der Waals surface area contributed by atoms with Crippen LogP contribution in [-0.4, -0.2) is 25.7 Å². The molecule has 0 spiro atoms. The summed E-state index contributed by atoms with van der Waals surface area (Å²) in [5, 5.41) is 3.43. The summed E-state index contributed by atoms with van der Waals surface area (Å²) in [5.41, 5.74) is -0.368. The van der Waals surface area contributed by atoms with Crippen molar-refractivity contribution in [3.05, 3.63) is 0 Å². The van der Waals surface area contributed by atoms with Gasteiger partial charge in [-0.15, -0.1) is 0 Å². The van der Waals surface area contributed by atoms with Crippen LogP contribution in [0.5, 0.6) is 0 Å². The van der Waals surface area contributed by atoms with Gasteiger partial charge in [-0.25, -0.2) is 0 Å². The van der Waals surface area contributed by atoms with Crippen LogP contribution >= 0.6 is 0 Å². The van der Waals surface area contributed by atoms with E-state index in [0.29, 0.717) is 6.61 Å². The van der Waals surface area contributed by atoms with Gasteiger partial charge in [-0.3, -0.25) is 4.79 Å². The number of carbonyl (C=O) groups excluding carboxylic acids is 1. The van der Waals surface area contributed by atoms with Crippen LogP contribution in [0.2, 0.25) is 0 Å². The highest BCUT2D eigenvalue weighted by molar-refractivity contribution is 5.75. The summed E-state index contributed by atoms with van der Waals surface area (Å²) >= 11 is 0. The van der Waals surface area contributed by atoms with Gasteiger partial charge < -0.3 is 10.1 Å². The Morgan fingerprint density at radius 1 is 1.35 bits per heavy atom. The zero-order chi connectivity index (χ0) is 12.7. The van der Waals surface area contributed by atoms with Crippen molar-refractivity contribution < 1.29 is 9.53 Å². The predicted octanol–water partition coefficient (Wildman–Crippen LogP) is 2.75. The Morgan fingerprint density at radius 3 is 2.71 bits per heavy atom. The first-order valence-electron chi connectivity index (χ1n) is 6.88. The van der Waals surface area contributed by atoms with Crippen LogP contribution in [0.1, 0.15) is 52.9 Å². The molecule has 1 atom stereocenters. The predicted molar refractivity (Wildman–Crippen MR) is 69.9 cm³/mol. The van der Waals surface area contributed by atoms with Gasteiger partial charge >= 0.3 is 5.97 Å². The van der Waals surface area contributed by atoms with Gasteiger partial charge in [-0.2, -0.15) is 0 Å². The highest BCUT2D eigenvalue weighted by Crippen LogP contribution is 2.18. The third kappa shape index (κ3) is 6.06. The molecule has 0 aromatic heterocycles. The molecular weight excluding hydrogens is 214 g/mol. The summed E-state index contributed by atoms with van der Waals surface area (Å²) in [6.07, 6.45) is 6.10. The van der Waals surface area contributed by atoms with Crippen molar-refractivity contribution in [2.24, 2.45) is 11.3 Å². The summed E-state index contributed by atoms with van der Waals surface area (Å²) in [7, 11) is 0. The van der Waals surface area contributed by atoms with Gasteiger partial charge in [0.1, 0.15) is 0 Å². The lowest BCUT2D eigenvalue weighted by Gasteiger charge is -2.22. The number of hydrogen-bond acceptors (Lipinski definition) is 3. The highest BCUT2D eigenvalue weighted by Gasteiger charge is 2.22. The minimum absolute atomic E-state index is 0.0863. The molecule has 17 heavy (non-hydrogen) atoms. The number of ether oxygens (including phenoxy) is 1. The third-order valence-corrected chi connectivity index (χ3v) is 3.25. The molecule has 1 saturated heterocycles. The van der Waals surface area contributed by atoms with Crippen LogP contribution in [0.4, 0.5) is 0 Å². The summed E-state index contributed by atoms with van der Waals surface area (Å²) < 4.78 is 5.24. The number of rotatable bonds is 5. The van der Waals surface area contributed by atoms with E-state index >= 15 is 0 Å². The fourth-order valence-electron chi connectivity index (χ4n) is 2.09. The van der Waals surface area contributed by atoms with Gasteiger partial charge in [-0.1, -0.05) is 0 Å². The molecule has 1 unspecified atom stereocenters. The Hall–Kier alpha value is -0.570. The van der Waals surface area contributed by atoms with Crippen molar-refractivity contribution in [2.75, 3.05) is 19.7 Å². The molecule has 1 N–H and O–H groups in total. The lowest BCUT2D eigenvalue weighted by atomic mass is 9.94. The van der Waals surface area contributed by atoms with Gasteiger partial charge in [0.2, 0.25) is 0 Å². The number of carbonyl (C=O) groups is 1. The molecule has 1 rings (SSSR count). The highest BCUT2D eigenvalue weighted by atomic mass is 16.5. The summed E-state index contributed by atoms with van der Waals surface area (Å²) in [5.74, 6) is 0.749. The lowest BCUT2D eigenvalue weighted by Crippen LogP contribution is -2.29. The Kier molecular flexibility index (Phi) is 5.96. The topological polar surface area (TPSA) is 38.3 Å². The number of piperidine rings is 1. The molecule has 0 aromatic carbocycles. The van der Waals surface area contributed by atoms with Gasteiger partial charge in [0, 0.05) is 0 Å². The van der Waals surface area contributed by atoms with Gasteiger partial charge in [0.25, 0.3) is 0 Å². The fraction of sp³-hybridized carbons (Fsp3) is 0.929. The average molecular weight is 241 g/mol. The molecule has 1 aliphatic rings. The molecule has 0 aliphatic carbocycles. The molecule has 0 amide bonds. The molecule has 1 aliphatic heterocycles. The molecule has 3 nitrogen and oxygen atoms in total. The first-order valence-corrected chi connectivity index (χ1v) is 6.88. The zero-order valence-electron chi connectivity index (χ0n) is 11.6. The van der Waals surface area contributed by atoms with E-state index in [1.54, 1.807) is 0 Å². The van der Waals surface area contributed by atoms with Crippen LogP contribution < -0.4 is 5.32 Å². The van der Waals surface area contributed by atoms with E-state index in [2.05, 4.69) is 5.32 Å². The quantitative estimate of drug-likeness (QED) is 0.594. The standard InChI is InChI=1S/C14H27NO2/c1-14(2,3)13(16)17-10-5-4-7-12-8-6-9-15-11-12/h12,15H,4-11H2,1-3H3. The third-order valence-electron chi connectivity index (χ3n) is 3.25. The number of nitrogens with one attached hydrogen (secondary N) is 1. The molecule has 3 heteroatoms. The Bertz CT molecular complexity index is 227. The average Bonchev–Trinajstić information content (AvgIpc) is 2.28. The van der Waals surface area contributed by atoms with Crippen LogP contribution in [-0.2, 0) is 9.53 Å². The van der Waals surface area contributed by atoms with Crippen LogP contribution in [0.3, 0.4) is 0 Å². The van der Waals surface area contributed by atoms with Crippen LogP contribution in [0.15, 0.2) is 0 Å². The van der Waals surface area contributed by atoms with Crippen molar-refractivity contribution >= 4 is 5.97 Å². The minimum atomic E-state index is -0.368. The van der Waals surface area contributed by atoms with Gasteiger partial charge in [0.05, 0.1) is 12.0 Å². The second-order valence-electron chi connectivity index (χ2n) is 6.09. The van der Waals surface area contributed by atoms with Gasteiger partial charge in [-0.05, 0) is 71.9 Å². The molecule has 1 heterocycles. The molecule has 100 valence electrons. The number of esters is 1. The Balaban J connectivity index is 1.99. The van der Waals surface area contributed by atoms with Gasteiger partial charge in [0.15, 0.2) is 0 Å². The smallest absolute Gasteiger partial charge is 0.311 e. The zero-order valence-corrected chi connectivity index (χ0v) is 11.6. The molecule has 0 bridgehead atoms. The van der Waals surface area contributed by atoms with Crippen molar-refractivity contribution in [1.82, 2.24) is 5.32 Å². The van der Waals surface area contributed by atoms with E-state index in [1.165, 1.54) is 38.8 Å². The summed E-state index contributed by atoms with van der Waals surface area (Å²) in [6.45, 7) is 8.60. The number of unbranched alkanes of at least 4 members (excludes halogenated alkanes) is 1. The Morgan fingerprint density at radius 2 is 2.12 bits per heavy atom. The monoisotopic (exact) mass is 241 g/mol. The Labute approximate surface area is 105 Å². The van der Waals surface area contributed by atoms with Crippen molar-refractivity contribution in [1.29, 1.82) is 0 Å². The maximum absolute atomic E-state index is 11.5. The molecular formula is C14H27NO2. The SMILES string of the molecule is CC(C)(C)C(=O)OCCCCC1CCCNC1. The summed E-state index contributed by atoms with van der Waals surface area (Å²) in [4.78, 5) is 11.5. The van der Waals surface area contributed by atoms with Crippen LogP contribution in [0.25, 0.3) is 0 Å². The van der Waals surface area contributed by atoms with E-state index < -0.39 is 0 Å². The second-order valence-corrected chi connectivity index (χ2v) is 6.09. The molecule has 0 radical (unpaired) electrons. The lowest BCUT2D eigenvalue weighted by molar-refractivity contribution is -0.153. The van der Waals surface area contributed by atoms with E-state index in [-0.39, 0.29) is 11.4 Å².